The molecule has 1 heterocycles. The van der Waals surface area contributed by atoms with Gasteiger partial charge in [0.25, 0.3) is 0 Å². The topological polar surface area (TPSA) is 26.3 Å². The van der Waals surface area contributed by atoms with Crippen LogP contribution >= 0.6 is 24.0 Å². The number of hydrogen-bond acceptors (Lipinski definition) is 4. The van der Waals surface area contributed by atoms with Gasteiger partial charge >= 0.3 is 5.97 Å². The van der Waals surface area contributed by atoms with Gasteiger partial charge in [0.15, 0.2) is 5.06 Å². The second-order valence-corrected chi connectivity index (χ2v) is 3.24. The van der Waals surface area contributed by atoms with Gasteiger partial charge in [-0.2, -0.15) is 12.6 Å². The number of carbonyl (C=O) groups excluding carboxylic acids is 1. The van der Waals surface area contributed by atoms with E-state index in [1.165, 1.54) is 11.3 Å². The maximum atomic E-state index is 10.8. The molecule has 0 saturated carbocycles. The Labute approximate surface area is 74.6 Å². The molecule has 0 fully saturated rings. The molecule has 0 saturated heterocycles. The number of thiol groups is 1. The Morgan fingerprint density at radius 3 is 3.09 bits per heavy atom. The summed E-state index contributed by atoms with van der Waals surface area (Å²) < 4.78 is 4.93. The van der Waals surface area contributed by atoms with Crippen molar-refractivity contribution >= 4 is 29.9 Å². The fourth-order valence-corrected chi connectivity index (χ4v) is 1.35. The molecule has 2 nitrogen and oxygen atoms in total. The molecule has 0 spiro atoms. The van der Waals surface area contributed by atoms with Crippen LogP contribution in [0, 0.1) is 0 Å². The molecular weight excluding hydrogens is 180 g/mol. The average molecular weight is 188 g/mol. The first-order chi connectivity index (χ1) is 5.33. The fourth-order valence-electron chi connectivity index (χ4n) is 0.576. The van der Waals surface area contributed by atoms with Crippen molar-refractivity contribution in [2.45, 2.75) is 6.42 Å². The van der Waals surface area contributed by atoms with Gasteiger partial charge in [-0.15, -0.1) is 11.3 Å². The van der Waals surface area contributed by atoms with Crippen LogP contribution in [0.25, 0.3) is 0 Å². The highest BCUT2D eigenvalue weighted by Crippen LogP contribution is 2.18. The summed E-state index contributed by atoms with van der Waals surface area (Å²) in [5.74, 6) is 0.312. The minimum absolute atomic E-state index is 0.220. The number of carbonyl (C=O) groups is 1. The van der Waals surface area contributed by atoms with E-state index < -0.39 is 0 Å². The Kier molecular flexibility index (Phi) is 3.45. The van der Waals surface area contributed by atoms with E-state index in [4.69, 9.17) is 4.74 Å². The van der Waals surface area contributed by atoms with Crippen molar-refractivity contribution in [2.24, 2.45) is 0 Å². The first-order valence-corrected chi connectivity index (χ1v) is 4.69. The van der Waals surface area contributed by atoms with Crippen LogP contribution in [-0.2, 0) is 4.79 Å². The van der Waals surface area contributed by atoms with E-state index in [1.807, 2.05) is 11.4 Å². The van der Waals surface area contributed by atoms with E-state index >= 15 is 0 Å². The standard InChI is InChI=1S/C7H8O2S2/c8-6(3-4-10)9-7-2-1-5-11-7/h1-2,5,10H,3-4H2. The summed E-state index contributed by atoms with van der Waals surface area (Å²) >= 11 is 5.32. The van der Waals surface area contributed by atoms with Crippen LogP contribution in [0.2, 0.25) is 0 Å². The van der Waals surface area contributed by atoms with Crippen molar-refractivity contribution in [1.29, 1.82) is 0 Å². The summed E-state index contributed by atoms with van der Waals surface area (Å²) in [6, 6.07) is 3.61. The summed E-state index contributed by atoms with van der Waals surface area (Å²) in [7, 11) is 0. The minimum Gasteiger partial charge on any atom is -0.415 e. The molecule has 0 radical (unpaired) electrons. The first-order valence-electron chi connectivity index (χ1n) is 3.18. The van der Waals surface area contributed by atoms with Crippen LogP contribution in [0.3, 0.4) is 0 Å². The number of esters is 1. The SMILES string of the molecule is O=C(CCS)Oc1cccs1. The normalized spacial score (nSPS) is 9.55. The molecule has 0 aliphatic carbocycles. The van der Waals surface area contributed by atoms with Crippen LogP contribution in [0.5, 0.6) is 5.06 Å². The van der Waals surface area contributed by atoms with Crippen LogP contribution in [0.15, 0.2) is 17.5 Å². The van der Waals surface area contributed by atoms with Gasteiger partial charge in [-0.05, 0) is 17.5 Å². The molecule has 1 aromatic rings. The third kappa shape index (κ3) is 2.95. The van der Waals surface area contributed by atoms with Gasteiger partial charge in [-0.3, -0.25) is 4.79 Å². The van der Waals surface area contributed by atoms with Crippen molar-refractivity contribution in [2.75, 3.05) is 5.75 Å². The second-order valence-electron chi connectivity index (χ2n) is 1.88. The summed E-state index contributed by atoms with van der Waals surface area (Å²) in [5.41, 5.74) is 0. The number of rotatable bonds is 3. The number of hydrogen-bond donors (Lipinski definition) is 1. The molecule has 0 aromatic carbocycles. The molecule has 60 valence electrons. The third-order valence-corrected chi connectivity index (χ3v) is 1.99. The smallest absolute Gasteiger partial charge is 0.312 e. The van der Waals surface area contributed by atoms with Crippen LogP contribution < -0.4 is 4.74 Å². The van der Waals surface area contributed by atoms with Gasteiger partial charge < -0.3 is 4.74 Å². The summed E-state index contributed by atoms with van der Waals surface area (Å²) in [4.78, 5) is 10.8. The molecule has 0 unspecified atom stereocenters. The molecule has 0 bridgehead atoms. The predicted octanol–water partition coefficient (Wildman–Crippen LogP) is 1.97. The molecule has 0 aliphatic heterocycles. The van der Waals surface area contributed by atoms with Gasteiger partial charge in [-0.25, -0.2) is 0 Å². The van der Waals surface area contributed by atoms with Gasteiger partial charge in [0, 0.05) is 5.75 Å². The zero-order valence-corrected chi connectivity index (χ0v) is 7.53. The van der Waals surface area contributed by atoms with Gasteiger partial charge in [0.05, 0.1) is 6.42 Å². The fraction of sp³-hybridized carbons (Fsp3) is 0.286. The number of ether oxygens (including phenoxy) is 1. The maximum Gasteiger partial charge on any atom is 0.312 e. The molecule has 0 N–H and O–H groups in total. The largest absolute Gasteiger partial charge is 0.415 e. The highest BCUT2D eigenvalue weighted by Gasteiger charge is 2.02. The molecule has 0 aliphatic rings. The molecule has 1 rings (SSSR count). The lowest BCUT2D eigenvalue weighted by Gasteiger charge is -1.97. The Morgan fingerprint density at radius 2 is 2.55 bits per heavy atom. The monoisotopic (exact) mass is 188 g/mol. The Hall–Kier alpha value is -0.480. The predicted molar refractivity (Wildman–Crippen MR) is 48.4 cm³/mol. The molecule has 4 heteroatoms. The lowest BCUT2D eigenvalue weighted by molar-refractivity contribution is -0.133. The van der Waals surface area contributed by atoms with E-state index in [2.05, 4.69) is 12.6 Å². The first kappa shape index (κ1) is 8.62. The van der Waals surface area contributed by atoms with E-state index in [-0.39, 0.29) is 5.97 Å². The van der Waals surface area contributed by atoms with Gasteiger partial charge in [0.1, 0.15) is 0 Å². The van der Waals surface area contributed by atoms with Gasteiger partial charge in [0.2, 0.25) is 0 Å². The quantitative estimate of drug-likeness (QED) is 0.580. The van der Waals surface area contributed by atoms with Crippen molar-refractivity contribution in [1.82, 2.24) is 0 Å². The Bertz CT molecular complexity index is 218. The number of thiophene rings is 1. The van der Waals surface area contributed by atoms with E-state index in [1.54, 1.807) is 6.07 Å². The molecule has 0 atom stereocenters. The van der Waals surface area contributed by atoms with Crippen molar-refractivity contribution in [3.05, 3.63) is 17.5 Å². The van der Waals surface area contributed by atoms with Crippen LogP contribution in [0.1, 0.15) is 6.42 Å². The summed E-state index contributed by atoms with van der Waals surface area (Å²) in [5, 5.41) is 2.51. The van der Waals surface area contributed by atoms with Crippen LogP contribution in [0.4, 0.5) is 0 Å². The summed E-state index contributed by atoms with van der Waals surface area (Å²) in [6.45, 7) is 0. The Morgan fingerprint density at radius 1 is 1.73 bits per heavy atom. The average Bonchev–Trinajstić information content (AvgIpc) is 2.40. The Balaban J connectivity index is 2.37. The third-order valence-electron chi connectivity index (χ3n) is 1.03. The van der Waals surface area contributed by atoms with E-state index in [9.17, 15) is 4.79 Å². The minimum atomic E-state index is -0.220. The van der Waals surface area contributed by atoms with Crippen molar-refractivity contribution in [3.8, 4) is 5.06 Å². The highest BCUT2D eigenvalue weighted by atomic mass is 32.1. The second kappa shape index (κ2) is 4.41. The molecule has 1 aromatic heterocycles. The zero-order chi connectivity index (χ0) is 8.10. The van der Waals surface area contributed by atoms with Gasteiger partial charge in [-0.1, -0.05) is 0 Å². The molecule has 0 amide bonds. The zero-order valence-electron chi connectivity index (χ0n) is 5.82. The molecule has 11 heavy (non-hydrogen) atoms. The van der Waals surface area contributed by atoms with E-state index in [0.717, 1.165) is 0 Å². The molecular formula is C7H8O2S2. The van der Waals surface area contributed by atoms with Crippen molar-refractivity contribution < 1.29 is 9.53 Å². The lowest BCUT2D eigenvalue weighted by atomic mass is 10.5. The van der Waals surface area contributed by atoms with Crippen molar-refractivity contribution in [3.63, 3.8) is 0 Å². The lowest BCUT2D eigenvalue weighted by Crippen LogP contribution is -2.06. The highest BCUT2D eigenvalue weighted by molar-refractivity contribution is 7.80. The maximum absolute atomic E-state index is 10.8. The summed E-state index contributed by atoms with van der Waals surface area (Å²) in [6.07, 6.45) is 0.362. The van der Waals surface area contributed by atoms with Crippen LogP contribution in [-0.4, -0.2) is 11.7 Å². The van der Waals surface area contributed by atoms with E-state index in [0.29, 0.717) is 17.2 Å².